The molecule has 0 aromatic rings. The van der Waals surface area contributed by atoms with E-state index in [0.29, 0.717) is 0 Å². The Labute approximate surface area is 109 Å². The van der Waals surface area contributed by atoms with Crippen LogP contribution in [-0.4, -0.2) is 46.9 Å². The highest BCUT2D eigenvalue weighted by Crippen LogP contribution is 2.16. The van der Waals surface area contributed by atoms with Gasteiger partial charge in [0.2, 0.25) is 5.28 Å². The van der Waals surface area contributed by atoms with Crippen LogP contribution in [0.4, 0.5) is 0 Å². The van der Waals surface area contributed by atoms with Crippen LogP contribution < -0.4 is 0 Å². The van der Waals surface area contributed by atoms with Crippen molar-refractivity contribution >= 4 is 11.9 Å². The van der Waals surface area contributed by atoms with E-state index in [-0.39, 0.29) is 18.1 Å². The molecule has 1 fully saturated rings. The van der Waals surface area contributed by atoms with E-state index < -0.39 is 30.1 Å². The highest BCUT2D eigenvalue weighted by molar-refractivity contribution is 5.75. The van der Waals surface area contributed by atoms with E-state index in [4.69, 9.17) is 9.84 Å². The van der Waals surface area contributed by atoms with Gasteiger partial charge < -0.3 is 19.9 Å². The topological polar surface area (TPSA) is 114 Å². The SMILES string of the molecule is CC(C)(C)C(=O)OCO/N=[N+](\[O-])N1CC(C(=O)O)C1. The maximum Gasteiger partial charge on any atom is 0.314 e. The molecule has 0 saturated carbocycles. The third-order valence-corrected chi connectivity index (χ3v) is 2.44. The van der Waals surface area contributed by atoms with Crippen LogP contribution in [0.3, 0.4) is 0 Å². The average Bonchev–Trinajstić information content (AvgIpc) is 2.19. The number of hydrazine groups is 1. The quantitative estimate of drug-likeness (QED) is 0.192. The van der Waals surface area contributed by atoms with Crippen molar-refractivity contribution in [3.05, 3.63) is 5.21 Å². The van der Waals surface area contributed by atoms with E-state index in [1.165, 1.54) is 0 Å². The molecule has 1 rings (SSSR count). The van der Waals surface area contributed by atoms with Crippen molar-refractivity contribution in [2.45, 2.75) is 20.8 Å². The molecule has 0 bridgehead atoms. The van der Waals surface area contributed by atoms with Crippen LogP contribution in [0, 0.1) is 16.5 Å². The Morgan fingerprint density at radius 3 is 2.53 bits per heavy atom. The van der Waals surface area contributed by atoms with Gasteiger partial charge in [-0.25, -0.2) is 0 Å². The van der Waals surface area contributed by atoms with Gasteiger partial charge in [-0.1, -0.05) is 0 Å². The number of carbonyl (C=O) groups excluding carboxylic acids is 1. The number of rotatable bonds is 5. The van der Waals surface area contributed by atoms with Crippen molar-refractivity contribution in [3.8, 4) is 0 Å². The van der Waals surface area contributed by atoms with Crippen LogP contribution >= 0.6 is 0 Å². The first-order chi connectivity index (χ1) is 8.71. The number of aliphatic carboxylic acids is 1. The average molecular weight is 275 g/mol. The summed E-state index contributed by atoms with van der Waals surface area (Å²) >= 11 is 0. The maximum absolute atomic E-state index is 11.3. The van der Waals surface area contributed by atoms with Crippen molar-refractivity contribution in [2.75, 3.05) is 19.9 Å². The van der Waals surface area contributed by atoms with Crippen LogP contribution in [0.2, 0.25) is 0 Å². The highest BCUT2D eigenvalue weighted by Gasteiger charge is 2.38. The second-order valence-corrected chi connectivity index (χ2v) is 5.17. The molecule has 0 amide bonds. The van der Waals surface area contributed by atoms with Gasteiger partial charge in [0.25, 0.3) is 6.79 Å². The van der Waals surface area contributed by atoms with Crippen molar-refractivity contribution in [2.24, 2.45) is 16.6 Å². The summed E-state index contributed by atoms with van der Waals surface area (Å²) in [4.78, 5) is 26.5. The minimum absolute atomic E-state index is 0.0769. The molecule has 0 spiro atoms. The molecule has 1 aliphatic heterocycles. The lowest BCUT2D eigenvalue weighted by atomic mass is 9.98. The molecule has 0 radical (unpaired) electrons. The lowest BCUT2D eigenvalue weighted by Gasteiger charge is -2.31. The smallest absolute Gasteiger partial charge is 0.314 e. The molecule has 1 heterocycles. The van der Waals surface area contributed by atoms with Gasteiger partial charge in [0.1, 0.15) is 5.92 Å². The number of esters is 1. The van der Waals surface area contributed by atoms with Gasteiger partial charge in [0, 0.05) is 0 Å². The number of carboxylic acid groups (broad SMARTS) is 1. The molecular weight excluding hydrogens is 258 g/mol. The first kappa shape index (κ1) is 15.0. The molecule has 19 heavy (non-hydrogen) atoms. The first-order valence-electron chi connectivity index (χ1n) is 5.67. The number of hydrogen-bond acceptors (Lipinski definition) is 6. The Hall–Kier alpha value is -2.06. The van der Waals surface area contributed by atoms with E-state index in [0.717, 1.165) is 5.01 Å². The fourth-order valence-electron chi connectivity index (χ4n) is 1.17. The minimum atomic E-state index is -0.954. The van der Waals surface area contributed by atoms with E-state index >= 15 is 0 Å². The predicted octanol–water partition coefficient (Wildman–Crippen LogP) is 0.359. The third-order valence-electron chi connectivity index (χ3n) is 2.44. The van der Waals surface area contributed by atoms with Gasteiger partial charge in [0.05, 0.1) is 23.5 Å². The summed E-state index contributed by atoms with van der Waals surface area (Å²) in [5, 5.41) is 24.1. The summed E-state index contributed by atoms with van der Waals surface area (Å²) in [6.07, 6.45) is 0. The monoisotopic (exact) mass is 275 g/mol. The lowest BCUT2D eigenvalue weighted by Crippen LogP contribution is -2.53. The van der Waals surface area contributed by atoms with E-state index in [1.807, 2.05) is 0 Å². The standard InChI is InChI=1S/C10H17N3O6/c1-10(2,3)9(16)18-6-19-11-13(17)12-4-7(5-12)8(14)15/h7H,4-6H2,1-3H3,(H,14,15)/b13-11-. The van der Waals surface area contributed by atoms with Crippen molar-refractivity contribution in [1.29, 1.82) is 0 Å². The molecule has 0 aromatic carbocycles. The molecule has 1 N–H and O–H groups in total. The number of hydrogen-bond donors (Lipinski definition) is 1. The van der Waals surface area contributed by atoms with Gasteiger partial charge in [-0.3, -0.25) is 9.59 Å². The van der Waals surface area contributed by atoms with Crippen molar-refractivity contribution in [1.82, 2.24) is 5.01 Å². The minimum Gasteiger partial charge on any atom is -0.569 e. The summed E-state index contributed by atoms with van der Waals surface area (Å²) in [5.74, 6) is -2.00. The summed E-state index contributed by atoms with van der Waals surface area (Å²) in [7, 11) is 0. The normalized spacial score (nSPS) is 16.8. The van der Waals surface area contributed by atoms with Crippen LogP contribution in [0.5, 0.6) is 0 Å². The Morgan fingerprint density at radius 2 is 2.05 bits per heavy atom. The molecule has 0 aromatic heterocycles. The van der Waals surface area contributed by atoms with E-state index in [9.17, 15) is 14.8 Å². The van der Waals surface area contributed by atoms with E-state index in [1.54, 1.807) is 20.8 Å². The molecule has 1 saturated heterocycles. The predicted molar refractivity (Wildman–Crippen MR) is 60.3 cm³/mol. The molecule has 1 aliphatic rings. The Balaban J connectivity index is 2.23. The molecular formula is C10H17N3O6. The van der Waals surface area contributed by atoms with Crippen LogP contribution in [0.25, 0.3) is 0 Å². The van der Waals surface area contributed by atoms with Crippen LogP contribution in [0.1, 0.15) is 20.8 Å². The molecule has 9 heteroatoms. The van der Waals surface area contributed by atoms with Gasteiger partial charge >= 0.3 is 11.9 Å². The zero-order chi connectivity index (χ0) is 14.6. The van der Waals surface area contributed by atoms with E-state index in [2.05, 4.69) is 10.1 Å². The Bertz CT molecular complexity index is 383. The summed E-state index contributed by atoms with van der Waals surface area (Å²) in [6.45, 7) is 4.72. The maximum atomic E-state index is 11.3. The highest BCUT2D eigenvalue weighted by atomic mass is 16.8. The molecule has 0 aliphatic carbocycles. The second-order valence-electron chi connectivity index (χ2n) is 5.17. The molecule has 0 unspecified atom stereocenters. The van der Waals surface area contributed by atoms with Crippen molar-refractivity contribution in [3.63, 3.8) is 0 Å². The number of carboxylic acids is 1. The molecule has 9 nitrogen and oxygen atoms in total. The molecule has 108 valence electrons. The van der Waals surface area contributed by atoms with Gasteiger partial charge in [0.15, 0.2) is 0 Å². The third kappa shape index (κ3) is 4.27. The number of ether oxygens (including phenoxy) is 1. The fourth-order valence-corrected chi connectivity index (χ4v) is 1.17. The number of nitrogens with zero attached hydrogens (tertiary/aromatic N) is 3. The van der Waals surface area contributed by atoms with Gasteiger partial charge in [-0.05, 0) is 20.8 Å². The first-order valence-corrected chi connectivity index (χ1v) is 5.67. The zero-order valence-electron chi connectivity index (χ0n) is 11.0. The Morgan fingerprint density at radius 1 is 1.47 bits per heavy atom. The van der Waals surface area contributed by atoms with Crippen molar-refractivity contribution < 1.29 is 29.2 Å². The summed E-state index contributed by atoms with van der Waals surface area (Å²) < 4.78 is 4.71. The zero-order valence-corrected chi connectivity index (χ0v) is 11.0. The largest absolute Gasteiger partial charge is 0.569 e. The summed E-state index contributed by atoms with van der Waals surface area (Å²) in [6, 6.07) is 0. The Kier molecular flexibility index (Phi) is 4.52. The number of carbonyl (C=O) groups is 2. The lowest BCUT2D eigenvalue weighted by molar-refractivity contribution is -0.726. The second kappa shape index (κ2) is 5.72. The fraction of sp³-hybridized carbons (Fsp3) is 0.800. The van der Waals surface area contributed by atoms with Crippen LogP contribution in [0.15, 0.2) is 5.28 Å². The molecule has 0 atom stereocenters. The van der Waals surface area contributed by atoms with Gasteiger partial charge in [-0.15, -0.1) is 5.01 Å². The van der Waals surface area contributed by atoms with Crippen LogP contribution in [-0.2, 0) is 19.2 Å². The van der Waals surface area contributed by atoms with Gasteiger partial charge in [-0.2, -0.15) is 0 Å². The summed E-state index contributed by atoms with van der Waals surface area (Å²) in [5.41, 5.74) is -0.660.